The van der Waals surface area contributed by atoms with Gasteiger partial charge in [0.1, 0.15) is 5.82 Å². The van der Waals surface area contributed by atoms with E-state index in [0.29, 0.717) is 24.6 Å². The van der Waals surface area contributed by atoms with Crippen LogP contribution in [0, 0.1) is 12.7 Å². The van der Waals surface area contributed by atoms with Crippen molar-refractivity contribution in [3.63, 3.8) is 0 Å². The molecule has 1 aliphatic rings. The normalized spacial score (nSPS) is 15.7. The first-order valence-corrected chi connectivity index (χ1v) is 11.7. The molecule has 1 atom stereocenters. The lowest BCUT2D eigenvalue weighted by Gasteiger charge is -2.18. The van der Waals surface area contributed by atoms with Gasteiger partial charge in [-0.05, 0) is 68.5 Å². The summed E-state index contributed by atoms with van der Waals surface area (Å²) in [5, 5.41) is 6.46. The smallest absolute Gasteiger partial charge is 0.240 e. The summed E-state index contributed by atoms with van der Waals surface area (Å²) in [5.41, 5.74) is 2.34. The Morgan fingerprint density at radius 1 is 1.20 bits per heavy atom. The Bertz CT molecular complexity index is 1000. The Hall–Kier alpha value is -2.45. The Labute approximate surface area is 178 Å². The number of guanidine groups is 1. The number of aryl methyl sites for hydroxylation is 1. The molecular weight excluding hydrogens is 403 g/mol. The van der Waals surface area contributed by atoms with Gasteiger partial charge in [0, 0.05) is 12.6 Å². The number of nitrogens with zero attached hydrogens (tertiary/aromatic N) is 1. The number of nitrogens with one attached hydrogen (secondary N) is 3. The summed E-state index contributed by atoms with van der Waals surface area (Å²) in [6, 6.07) is 11.9. The molecule has 1 unspecified atom stereocenters. The number of hydrogen-bond donors (Lipinski definition) is 3. The predicted octanol–water partition coefficient (Wildman–Crippen LogP) is 3.39. The van der Waals surface area contributed by atoms with Crippen LogP contribution in [0.5, 0.6) is 0 Å². The van der Waals surface area contributed by atoms with E-state index < -0.39 is 10.0 Å². The SMILES string of the molecule is CCNC(=NCc1ccc(S(=O)(=O)NC2CC2)cc1)NC(C)c1ccc(C)c(F)c1. The minimum Gasteiger partial charge on any atom is -0.357 e. The van der Waals surface area contributed by atoms with Crippen LogP contribution in [-0.2, 0) is 16.6 Å². The highest BCUT2D eigenvalue weighted by molar-refractivity contribution is 7.89. The fourth-order valence-electron chi connectivity index (χ4n) is 2.92. The van der Waals surface area contributed by atoms with E-state index in [1.54, 1.807) is 37.3 Å². The van der Waals surface area contributed by atoms with Crippen molar-refractivity contribution in [2.45, 2.75) is 57.1 Å². The fourth-order valence-corrected chi connectivity index (χ4v) is 4.22. The summed E-state index contributed by atoms with van der Waals surface area (Å²) in [6.45, 7) is 6.73. The first-order valence-electron chi connectivity index (χ1n) is 10.2. The van der Waals surface area contributed by atoms with Gasteiger partial charge in [0.15, 0.2) is 5.96 Å². The molecule has 1 fully saturated rings. The number of sulfonamides is 1. The maximum absolute atomic E-state index is 13.9. The highest BCUT2D eigenvalue weighted by Crippen LogP contribution is 2.22. The number of rotatable bonds is 8. The molecule has 0 amide bonds. The Morgan fingerprint density at radius 3 is 2.50 bits per heavy atom. The van der Waals surface area contributed by atoms with E-state index in [0.717, 1.165) is 24.0 Å². The molecule has 0 radical (unpaired) electrons. The maximum atomic E-state index is 13.9. The molecule has 1 aliphatic carbocycles. The molecule has 0 spiro atoms. The molecule has 30 heavy (non-hydrogen) atoms. The summed E-state index contributed by atoms with van der Waals surface area (Å²) in [4.78, 5) is 4.84. The van der Waals surface area contributed by atoms with Gasteiger partial charge < -0.3 is 10.6 Å². The highest BCUT2D eigenvalue weighted by Gasteiger charge is 2.27. The lowest BCUT2D eigenvalue weighted by Crippen LogP contribution is -2.38. The van der Waals surface area contributed by atoms with E-state index in [1.165, 1.54) is 6.07 Å². The van der Waals surface area contributed by atoms with Gasteiger partial charge in [-0.3, -0.25) is 0 Å². The summed E-state index contributed by atoms with van der Waals surface area (Å²) >= 11 is 0. The van der Waals surface area contributed by atoms with Crippen LogP contribution in [0.2, 0.25) is 0 Å². The zero-order valence-electron chi connectivity index (χ0n) is 17.6. The highest BCUT2D eigenvalue weighted by atomic mass is 32.2. The van der Waals surface area contributed by atoms with Gasteiger partial charge in [0.2, 0.25) is 10.0 Å². The molecule has 0 bridgehead atoms. The standard InChI is InChI=1S/C22H29FN4O2S/c1-4-24-22(26-16(3)18-8-5-15(2)21(23)13-18)25-14-17-6-11-20(12-7-17)30(28,29)27-19-9-10-19/h5-8,11-13,16,19,27H,4,9-10,14H2,1-3H3,(H2,24,25,26). The molecule has 0 aromatic heterocycles. The number of hydrogen-bond acceptors (Lipinski definition) is 3. The first kappa shape index (κ1) is 22.2. The van der Waals surface area contributed by atoms with Crippen molar-refractivity contribution in [3.8, 4) is 0 Å². The Balaban J connectivity index is 1.65. The van der Waals surface area contributed by atoms with E-state index in [-0.39, 0.29) is 22.8 Å². The minimum absolute atomic E-state index is 0.0806. The quantitative estimate of drug-likeness (QED) is 0.441. The van der Waals surface area contributed by atoms with Gasteiger partial charge in [-0.2, -0.15) is 0 Å². The van der Waals surface area contributed by atoms with Crippen molar-refractivity contribution >= 4 is 16.0 Å². The van der Waals surface area contributed by atoms with Crippen LogP contribution in [0.4, 0.5) is 4.39 Å². The zero-order chi connectivity index (χ0) is 21.7. The number of aliphatic imine (C=N–C) groups is 1. The van der Waals surface area contributed by atoms with E-state index >= 15 is 0 Å². The third-order valence-electron chi connectivity index (χ3n) is 4.95. The Kier molecular flexibility index (Phi) is 7.10. The summed E-state index contributed by atoms with van der Waals surface area (Å²) < 4.78 is 41.1. The molecule has 1 saturated carbocycles. The van der Waals surface area contributed by atoms with Crippen LogP contribution >= 0.6 is 0 Å². The average Bonchev–Trinajstić information content (AvgIpc) is 3.52. The fraction of sp³-hybridized carbons (Fsp3) is 0.409. The lowest BCUT2D eigenvalue weighted by atomic mass is 10.1. The molecule has 3 N–H and O–H groups in total. The van der Waals surface area contributed by atoms with Crippen molar-refractivity contribution in [2.24, 2.45) is 4.99 Å². The molecule has 2 aromatic carbocycles. The van der Waals surface area contributed by atoms with Crippen molar-refractivity contribution in [1.29, 1.82) is 0 Å². The van der Waals surface area contributed by atoms with Crippen LogP contribution in [0.15, 0.2) is 52.4 Å². The molecule has 6 nitrogen and oxygen atoms in total. The van der Waals surface area contributed by atoms with Crippen LogP contribution < -0.4 is 15.4 Å². The second-order valence-electron chi connectivity index (χ2n) is 7.61. The van der Waals surface area contributed by atoms with E-state index in [1.807, 2.05) is 19.9 Å². The number of halogens is 1. The van der Waals surface area contributed by atoms with Crippen molar-refractivity contribution in [1.82, 2.24) is 15.4 Å². The van der Waals surface area contributed by atoms with E-state index in [9.17, 15) is 12.8 Å². The van der Waals surface area contributed by atoms with Gasteiger partial charge in [-0.15, -0.1) is 0 Å². The first-order chi connectivity index (χ1) is 14.3. The summed E-state index contributed by atoms with van der Waals surface area (Å²) in [6.07, 6.45) is 1.81. The largest absolute Gasteiger partial charge is 0.357 e. The van der Waals surface area contributed by atoms with Crippen LogP contribution in [-0.4, -0.2) is 27.0 Å². The monoisotopic (exact) mass is 432 g/mol. The Morgan fingerprint density at radius 2 is 1.90 bits per heavy atom. The van der Waals surface area contributed by atoms with Crippen molar-refractivity contribution < 1.29 is 12.8 Å². The van der Waals surface area contributed by atoms with E-state index in [2.05, 4.69) is 20.3 Å². The molecule has 2 aromatic rings. The summed E-state index contributed by atoms with van der Waals surface area (Å²) in [7, 11) is -3.45. The predicted molar refractivity (Wildman–Crippen MR) is 117 cm³/mol. The van der Waals surface area contributed by atoms with Gasteiger partial charge in [-0.1, -0.05) is 24.3 Å². The molecule has 0 heterocycles. The van der Waals surface area contributed by atoms with Gasteiger partial charge >= 0.3 is 0 Å². The molecule has 8 heteroatoms. The molecule has 162 valence electrons. The van der Waals surface area contributed by atoms with Crippen LogP contribution in [0.25, 0.3) is 0 Å². The van der Waals surface area contributed by atoms with Gasteiger partial charge in [0.05, 0.1) is 17.5 Å². The lowest BCUT2D eigenvalue weighted by molar-refractivity contribution is 0.581. The molecule has 0 saturated heterocycles. The topological polar surface area (TPSA) is 82.6 Å². The maximum Gasteiger partial charge on any atom is 0.240 e. The molecule has 0 aliphatic heterocycles. The molecular formula is C22H29FN4O2S. The summed E-state index contributed by atoms with van der Waals surface area (Å²) in [5.74, 6) is 0.382. The number of benzene rings is 2. The second-order valence-corrected chi connectivity index (χ2v) is 9.32. The molecule has 3 rings (SSSR count). The van der Waals surface area contributed by atoms with Crippen molar-refractivity contribution in [3.05, 3.63) is 65.0 Å². The zero-order valence-corrected chi connectivity index (χ0v) is 18.4. The van der Waals surface area contributed by atoms with Gasteiger partial charge in [0.25, 0.3) is 0 Å². The minimum atomic E-state index is -3.45. The van der Waals surface area contributed by atoms with Crippen LogP contribution in [0.1, 0.15) is 49.4 Å². The van der Waals surface area contributed by atoms with Crippen molar-refractivity contribution in [2.75, 3.05) is 6.54 Å². The third-order valence-corrected chi connectivity index (χ3v) is 6.48. The second kappa shape index (κ2) is 9.57. The average molecular weight is 433 g/mol. The third kappa shape index (κ3) is 6.03. The van der Waals surface area contributed by atoms with Crippen LogP contribution in [0.3, 0.4) is 0 Å². The van der Waals surface area contributed by atoms with Gasteiger partial charge in [-0.25, -0.2) is 22.5 Å². The van der Waals surface area contributed by atoms with E-state index in [4.69, 9.17) is 0 Å².